The highest BCUT2D eigenvalue weighted by atomic mass is 16.6. The second kappa shape index (κ2) is 13.0. The van der Waals surface area contributed by atoms with Crippen LogP contribution in [0.15, 0.2) is 12.2 Å². The number of nitrogens with two attached hydrogens (primary N) is 1. The number of cyclic esters (lactones) is 1. The highest BCUT2D eigenvalue weighted by molar-refractivity contribution is 5.84. The molecular formula is C21H37NO5. The second-order valence-corrected chi connectivity index (χ2v) is 7.60. The van der Waals surface area contributed by atoms with Gasteiger partial charge in [0.2, 0.25) is 0 Å². The average Bonchev–Trinajstić information content (AvgIpc) is 2.88. The van der Waals surface area contributed by atoms with Crippen molar-refractivity contribution in [2.75, 3.05) is 6.61 Å². The van der Waals surface area contributed by atoms with Gasteiger partial charge in [-0.3, -0.25) is 4.79 Å². The molecule has 0 radical (unpaired) electrons. The summed E-state index contributed by atoms with van der Waals surface area (Å²) in [6.07, 6.45) is 13.5. The highest BCUT2D eigenvalue weighted by Gasteiger charge is 2.53. The van der Waals surface area contributed by atoms with E-state index in [4.69, 9.17) is 15.6 Å². The van der Waals surface area contributed by atoms with E-state index in [1.807, 2.05) is 12.2 Å². The van der Waals surface area contributed by atoms with E-state index in [1.165, 1.54) is 12.8 Å². The maximum atomic E-state index is 11.7. The molecular weight excluding hydrogens is 346 g/mol. The summed E-state index contributed by atoms with van der Waals surface area (Å²) >= 11 is 0. The van der Waals surface area contributed by atoms with Gasteiger partial charge in [-0.1, -0.05) is 51.2 Å². The molecule has 6 nitrogen and oxygen atoms in total. The molecule has 0 aromatic carbocycles. The number of carbonyl (C=O) groups is 2. The summed E-state index contributed by atoms with van der Waals surface area (Å²) in [6, 6.07) is 0. The van der Waals surface area contributed by atoms with Crippen LogP contribution in [-0.2, 0) is 14.3 Å². The highest BCUT2D eigenvalue weighted by Crippen LogP contribution is 2.26. The molecule has 0 unspecified atom stereocenters. The molecule has 6 heteroatoms. The van der Waals surface area contributed by atoms with Crippen molar-refractivity contribution in [1.29, 1.82) is 0 Å². The number of carbonyl (C=O) groups excluding carboxylic acids is 2. The van der Waals surface area contributed by atoms with Crippen LogP contribution in [0.2, 0.25) is 0 Å². The van der Waals surface area contributed by atoms with Gasteiger partial charge in [0.25, 0.3) is 0 Å². The largest absolute Gasteiger partial charge is 0.458 e. The number of hydrogen-bond acceptors (Lipinski definition) is 6. The minimum atomic E-state index is -1.70. The first kappa shape index (κ1) is 23.8. The van der Waals surface area contributed by atoms with Crippen molar-refractivity contribution in [3.05, 3.63) is 12.2 Å². The molecule has 0 amide bonds. The summed E-state index contributed by atoms with van der Waals surface area (Å²) in [5.74, 6) is -0.356. The van der Waals surface area contributed by atoms with Gasteiger partial charge >= 0.3 is 5.97 Å². The summed E-state index contributed by atoms with van der Waals surface area (Å²) < 4.78 is 5.05. The third kappa shape index (κ3) is 8.11. The Morgan fingerprint density at radius 1 is 1.11 bits per heavy atom. The molecule has 27 heavy (non-hydrogen) atoms. The average molecular weight is 384 g/mol. The standard InChI is InChI=1S/C21H37NO5/c1-2-3-4-10-13-17(24)14-11-8-6-5-7-9-12-15-18-19(25)21(22,16-23)20(26)27-18/h9,12,18-19,23,25H,2-8,10-11,13-16,22H2,1H3/b12-9+/t18-,19-,21+/m0/s1. The first-order valence-corrected chi connectivity index (χ1v) is 10.4. The molecule has 1 fully saturated rings. The molecule has 0 bridgehead atoms. The first-order chi connectivity index (χ1) is 13.0. The first-order valence-electron chi connectivity index (χ1n) is 10.4. The van der Waals surface area contributed by atoms with Crippen LogP contribution in [0.5, 0.6) is 0 Å². The van der Waals surface area contributed by atoms with Gasteiger partial charge in [0, 0.05) is 19.3 Å². The van der Waals surface area contributed by atoms with Crippen LogP contribution in [0.25, 0.3) is 0 Å². The molecule has 156 valence electrons. The number of aliphatic hydroxyl groups is 2. The lowest BCUT2D eigenvalue weighted by atomic mass is 9.93. The van der Waals surface area contributed by atoms with Crippen molar-refractivity contribution in [1.82, 2.24) is 0 Å². The second-order valence-electron chi connectivity index (χ2n) is 7.60. The number of aliphatic hydroxyl groups excluding tert-OH is 2. The number of unbranched alkanes of at least 4 members (excludes halogenated alkanes) is 7. The Kier molecular flexibility index (Phi) is 11.5. The van der Waals surface area contributed by atoms with Gasteiger partial charge in [0.1, 0.15) is 18.0 Å². The van der Waals surface area contributed by atoms with E-state index < -0.39 is 30.3 Å². The Morgan fingerprint density at radius 2 is 1.74 bits per heavy atom. The van der Waals surface area contributed by atoms with Crippen molar-refractivity contribution >= 4 is 11.8 Å². The fourth-order valence-electron chi connectivity index (χ4n) is 3.26. The maximum absolute atomic E-state index is 11.7. The van der Waals surface area contributed by atoms with E-state index >= 15 is 0 Å². The molecule has 1 aliphatic rings. The molecule has 0 spiro atoms. The predicted molar refractivity (Wildman–Crippen MR) is 105 cm³/mol. The Labute approximate surface area is 163 Å². The summed E-state index contributed by atoms with van der Waals surface area (Å²) in [6.45, 7) is 1.54. The van der Waals surface area contributed by atoms with Crippen molar-refractivity contribution in [3.63, 3.8) is 0 Å². The third-order valence-corrected chi connectivity index (χ3v) is 5.20. The topological polar surface area (TPSA) is 110 Å². The molecule has 0 aliphatic carbocycles. The summed E-state index contributed by atoms with van der Waals surface area (Å²) in [7, 11) is 0. The number of Topliss-reactive ketones (excluding diaryl/α,β-unsaturated/α-hetero) is 1. The Hall–Kier alpha value is -1.24. The van der Waals surface area contributed by atoms with Crippen LogP contribution in [-0.4, -0.2) is 46.3 Å². The minimum absolute atomic E-state index is 0.387. The normalized spacial score (nSPS) is 25.3. The molecule has 3 atom stereocenters. The van der Waals surface area contributed by atoms with Gasteiger partial charge < -0.3 is 20.7 Å². The Bertz CT molecular complexity index is 479. The summed E-state index contributed by atoms with van der Waals surface area (Å²) in [4.78, 5) is 23.3. The third-order valence-electron chi connectivity index (χ3n) is 5.20. The van der Waals surface area contributed by atoms with Gasteiger partial charge in [-0.05, 0) is 25.7 Å². The lowest BCUT2D eigenvalue weighted by Crippen LogP contribution is -2.57. The monoisotopic (exact) mass is 383 g/mol. The van der Waals surface area contributed by atoms with Crippen molar-refractivity contribution in [2.45, 2.75) is 102 Å². The van der Waals surface area contributed by atoms with Crippen LogP contribution >= 0.6 is 0 Å². The lowest BCUT2D eigenvalue weighted by molar-refractivity contribution is -0.146. The van der Waals surface area contributed by atoms with E-state index in [1.54, 1.807) is 0 Å². The van der Waals surface area contributed by atoms with Gasteiger partial charge in [-0.25, -0.2) is 4.79 Å². The Morgan fingerprint density at radius 3 is 2.33 bits per heavy atom. The summed E-state index contributed by atoms with van der Waals surface area (Å²) in [5, 5.41) is 19.2. The number of allylic oxidation sites excluding steroid dienone is 1. The zero-order chi connectivity index (χ0) is 20.1. The minimum Gasteiger partial charge on any atom is -0.458 e. The van der Waals surface area contributed by atoms with Crippen molar-refractivity contribution < 1.29 is 24.5 Å². The molecule has 1 rings (SSSR count). The van der Waals surface area contributed by atoms with Gasteiger partial charge in [-0.2, -0.15) is 0 Å². The van der Waals surface area contributed by atoms with Crippen LogP contribution in [0, 0.1) is 0 Å². The van der Waals surface area contributed by atoms with E-state index in [-0.39, 0.29) is 0 Å². The van der Waals surface area contributed by atoms with Crippen LogP contribution in [0.4, 0.5) is 0 Å². The molecule has 4 N–H and O–H groups in total. The van der Waals surface area contributed by atoms with Gasteiger partial charge in [0.15, 0.2) is 5.54 Å². The molecule has 1 aliphatic heterocycles. The zero-order valence-electron chi connectivity index (χ0n) is 16.7. The predicted octanol–water partition coefficient (Wildman–Crippen LogP) is 2.79. The van der Waals surface area contributed by atoms with Crippen LogP contribution < -0.4 is 5.73 Å². The van der Waals surface area contributed by atoms with Crippen molar-refractivity contribution in [2.24, 2.45) is 5.73 Å². The SMILES string of the molecule is CCCCCCC(=O)CCCCCC/C=C/C[C@@H]1OC(=O)[C@@](N)(CO)[C@H]1O. The number of ether oxygens (including phenoxy) is 1. The lowest BCUT2D eigenvalue weighted by Gasteiger charge is -2.21. The molecule has 1 heterocycles. The van der Waals surface area contributed by atoms with Crippen LogP contribution in [0.3, 0.4) is 0 Å². The van der Waals surface area contributed by atoms with E-state index in [0.717, 1.165) is 51.4 Å². The van der Waals surface area contributed by atoms with Gasteiger partial charge in [0.05, 0.1) is 6.61 Å². The molecule has 0 aromatic rings. The quantitative estimate of drug-likeness (QED) is 0.228. The number of rotatable bonds is 15. The fourth-order valence-corrected chi connectivity index (χ4v) is 3.26. The van der Waals surface area contributed by atoms with Crippen molar-refractivity contribution in [3.8, 4) is 0 Å². The number of ketones is 1. The fraction of sp³-hybridized carbons (Fsp3) is 0.810. The van der Waals surface area contributed by atoms with Crippen LogP contribution in [0.1, 0.15) is 84.0 Å². The number of esters is 1. The van der Waals surface area contributed by atoms with E-state index in [9.17, 15) is 14.7 Å². The molecule has 0 saturated carbocycles. The Balaban J connectivity index is 2.03. The van der Waals surface area contributed by atoms with E-state index in [2.05, 4.69) is 6.92 Å². The molecule has 1 saturated heterocycles. The van der Waals surface area contributed by atoms with Gasteiger partial charge in [-0.15, -0.1) is 0 Å². The van der Waals surface area contributed by atoms with E-state index in [0.29, 0.717) is 18.6 Å². The maximum Gasteiger partial charge on any atom is 0.331 e. The molecule has 0 aromatic heterocycles. The zero-order valence-corrected chi connectivity index (χ0v) is 16.7. The summed E-state index contributed by atoms with van der Waals surface area (Å²) in [5.41, 5.74) is 3.97. The number of hydrogen-bond donors (Lipinski definition) is 3. The smallest absolute Gasteiger partial charge is 0.331 e.